The molecule has 1 fully saturated rings. The number of nitriles is 2. The molecule has 10 nitrogen and oxygen atoms in total. The lowest BCUT2D eigenvalue weighted by molar-refractivity contribution is 0.108. The zero-order chi connectivity index (χ0) is 22.6. The van der Waals surface area contributed by atoms with E-state index in [1.807, 2.05) is 31.7 Å². The van der Waals surface area contributed by atoms with Crippen molar-refractivity contribution in [3.05, 3.63) is 49.6 Å². The lowest BCUT2D eigenvalue weighted by Crippen LogP contribution is -2.45. The maximum absolute atomic E-state index is 9.55. The molecule has 0 bridgehead atoms. The predicted octanol–water partition coefficient (Wildman–Crippen LogP) is 3.08. The summed E-state index contributed by atoms with van der Waals surface area (Å²) >= 11 is 0. The van der Waals surface area contributed by atoms with Gasteiger partial charge in [0.05, 0.1) is 65.5 Å². The van der Waals surface area contributed by atoms with Gasteiger partial charge >= 0.3 is 0 Å². The number of aromatic nitrogens is 8. The van der Waals surface area contributed by atoms with Crippen LogP contribution in [0.3, 0.4) is 0 Å². The van der Waals surface area contributed by atoms with Gasteiger partial charge in [0.25, 0.3) is 0 Å². The molecule has 33 heavy (non-hydrogen) atoms. The van der Waals surface area contributed by atoms with Gasteiger partial charge in [-0.15, -0.1) is 0 Å². The van der Waals surface area contributed by atoms with Crippen LogP contribution in [0, 0.1) is 28.6 Å². The van der Waals surface area contributed by atoms with Gasteiger partial charge in [0.2, 0.25) is 0 Å². The molecule has 0 N–H and O–H groups in total. The summed E-state index contributed by atoms with van der Waals surface area (Å²) in [6, 6.07) is 6.56. The minimum Gasteiger partial charge on any atom is -0.324 e. The fourth-order valence-corrected chi connectivity index (χ4v) is 4.86. The van der Waals surface area contributed by atoms with Gasteiger partial charge in [-0.2, -0.15) is 20.7 Å². The van der Waals surface area contributed by atoms with Crippen molar-refractivity contribution < 1.29 is 0 Å². The molecule has 0 atom stereocenters. The SMILES string of the molecule is Cn1cc(-c2cn3nccc3c(-c3cn([C@]4(CC#N)C[C@H](C#N)C4)c4ncncc34)n2)cn1. The van der Waals surface area contributed by atoms with Gasteiger partial charge in [0, 0.05) is 42.2 Å². The van der Waals surface area contributed by atoms with E-state index in [-0.39, 0.29) is 5.92 Å². The second kappa shape index (κ2) is 6.97. The fraction of sp³-hybridized carbons (Fsp3) is 0.261. The molecule has 1 aliphatic carbocycles. The molecular formula is C23H18N10. The van der Waals surface area contributed by atoms with Gasteiger partial charge < -0.3 is 4.57 Å². The first-order valence-corrected chi connectivity index (χ1v) is 10.5. The Morgan fingerprint density at radius 2 is 2.03 bits per heavy atom. The molecule has 0 amide bonds. The molecular weight excluding hydrogens is 416 g/mol. The number of nitrogens with zero attached hydrogens (tertiary/aromatic N) is 10. The Hall–Kier alpha value is -4.57. The Labute approximate surface area is 188 Å². The van der Waals surface area contributed by atoms with Crippen molar-refractivity contribution in [1.29, 1.82) is 10.5 Å². The molecule has 0 aromatic carbocycles. The summed E-state index contributed by atoms with van der Waals surface area (Å²) in [7, 11) is 1.86. The van der Waals surface area contributed by atoms with Crippen molar-refractivity contribution in [3.8, 4) is 34.7 Å². The lowest BCUT2D eigenvalue weighted by Gasteiger charge is -2.45. The summed E-state index contributed by atoms with van der Waals surface area (Å²) in [6.07, 6.45) is 14.1. The average Bonchev–Trinajstić information content (AvgIpc) is 3.53. The third-order valence-corrected chi connectivity index (χ3v) is 6.47. The summed E-state index contributed by atoms with van der Waals surface area (Å²) < 4.78 is 5.59. The smallest absolute Gasteiger partial charge is 0.144 e. The van der Waals surface area contributed by atoms with Crippen molar-refractivity contribution in [2.75, 3.05) is 0 Å². The molecule has 5 aromatic rings. The van der Waals surface area contributed by atoms with Crippen LogP contribution in [0.5, 0.6) is 0 Å². The van der Waals surface area contributed by atoms with Gasteiger partial charge in [-0.3, -0.25) is 4.68 Å². The van der Waals surface area contributed by atoms with E-state index in [0.717, 1.165) is 39.1 Å². The molecule has 0 unspecified atom stereocenters. The largest absolute Gasteiger partial charge is 0.324 e. The van der Waals surface area contributed by atoms with E-state index in [9.17, 15) is 10.5 Å². The second-order valence-corrected chi connectivity index (χ2v) is 8.50. The summed E-state index contributed by atoms with van der Waals surface area (Å²) in [5, 5.41) is 28.5. The molecule has 0 spiro atoms. The molecule has 10 heteroatoms. The van der Waals surface area contributed by atoms with Crippen molar-refractivity contribution in [3.63, 3.8) is 0 Å². The first-order valence-electron chi connectivity index (χ1n) is 10.5. The number of hydrogen-bond acceptors (Lipinski definition) is 7. The van der Waals surface area contributed by atoms with Crippen LogP contribution in [-0.4, -0.2) is 38.9 Å². The minimum absolute atomic E-state index is 0.0605. The molecule has 1 aliphatic rings. The highest BCUT2D eigenvalue weighted by molar-refractivity contribution is 5.97. The highest BCUT2D eigenvalue weighted by Crippen LogP contribution is 2.49. The fourth-order valence-electron chi connectivity index (χ4n) is 4.86. The molecule has 0 aliphatic heterocycles. The second-order valence-electron chi connectivity index (χ2n) is 8.50. The molecule has 1 saturated carbocycles. The van der Waals surface area contributed by atoms with Crippen LogP contribution in [0.2, 0.25) is 0 Å². The number of fused-ring (bicyclic) bond motifs is 2. The van der Waals surface area contributed by atoms with Crippen LogP contribution in [0.15, 0.2) is 49.6 Å². The Kier molecular flexibility index (Phi) is 4.04. The van der Waals surface area contributed by atoms with Crippen molar-refractivity contribution in [2.45, 2.75) is 24.8 Å². The van der Waals surface area contributed by atoms with E-state index < -0.39 is 5.54 Å². The molecule has 6 rings (SSSR count). The van der Waals surface area contributed by atoms with Gasteiger partial charge in [-0.25, -0.2) is 19.5 Å². The summed E-state index contributed by atoms with van der Waals surface area (Å²) in [5.41, 5.74) is 4.36. The van der Waals surface area contributed by atoms with Crippen LogP contribution in [0.25, 0.3) is 39.1 Å². The first-order chi connectivity index (χ1) is 16.1. The highest BCUT2D eigenvalue weighted by atomic mass is 15.2. The van der Waals surface area contributed by atoms with E-state index in [0.29, 0.717) is 19.3 Å². The van der Waals surface area contributed by atoms with Crippen molar-refractivity contribution in [2.24, 2.45) is 13.0 Å². The minimum atomic E-state index is -0.461. The van der Waals surface area contributed by atoms with Gasteiger partial charge in [0.15, 0.2) is 0 Å². The van der Waals surface area contributed by atoms with Crippen LogP contribution >= 0.6 is 0 Å². The molecule has 160 valence electrons. The van der Waals surface area contributed by atoms with Crippen LogP contribution in [0.1, 0.15) is 19.3 Å². The Morgan fingerprint density at radius 1 is 1.15 bits per heavy atom. The third kappa shape index (κ3) is 2.81. The van der Waals surface area contributed by atoms with Crippen LogP contribution in [0.4, 0.5) is 0 Å². The lowest BCUT2D eigenvalue weighted by atomic mass is 9.67. The topological polar surface area (TPSA) is 126 Å². The first kappa shape index (κ1) is 19.1. The predicted molar refractivity (Wildman–Crippen MR) is 118 cm³/mol. The Morgan fingerprint density at radius 3 is 2.79 bits per heavy atom. The molecule has 0 radical (unpaired) electrons. The molecule has 0 saturated heterocycles. The maximum atomic E-state index is 9.55. The summed E-state index contributed by atoms with van der Waals surface area (Å²) in [5.74, 6) is -0.0605. The summed E-state index contributed by atoms with van der Waals surface area (Å²) in [4.78, 5) is 13.8. The maximum Gasteiger partial charge on any atom is 0.144 e. The quantitative estimate of drug-likeness (QED) is 0.425. The number of rotatable bonds is 4. The van der Waals surface area contributed by atoms with Gasteiger partial charge in [-0.05, 0) is 18.9 Å². The Bertz CT molecular complexity index is 1600. The van der Waals surface area contributed by atoms with Gasteiger partial charge in [0.1, 0.15) is 12.0 Å². The van der Waals surface area contributed by atoms with Gasteiger partial charge in [-0.1, -0.05) is 0 Å². The van der Waals surface area contributed by atoms with E-state index >= 15 is 0 Å². The average molecular weight is 434 g/mol. The summed E-state index contributed by atoms with van der Waals surface area (Å²) in [6.45, 7) is 0. The van der Waals surface area contributed by atoms with E-state index in [1.165, 1.54) is 6.33 Å². The monoisotopic (exact) mass is 434 g/mol. The highest BCUT2D eigenvalue weighted by Gasteiger charge is 2.47. The van der Waals surface area contributed by atoms with E-state index in [4.69, 9.17) is 4.98 Å². The normalized spacial score (nSPS) is 19.9. The zero-order valence-corrected chi connectivity index (χ0v) is 17.8. The van der Waals surface area contributed by atoms with Crippen LogP contribution < -0.4 is 0 Å². The van der Waals surface area contributed by atoms with Crippen molar-refractivity contribution >= 4 is 16.6 Å². The number of hydrogen-bond donors (Lipinski definition) is 0. The molecule has 5 aromatic heterocycles. The standard InChI is InChI=1S/C23H18N10/c1-31-11-16(9-29-31)19-13-33-20(2-5-28-33)21(30-19)18-12-32(22-17(18)10-26-14-27-22)23(3-4-24)6-15(7-23)8-25/h2,5,9-15H,3,6-7H2,1H3/t15-,23+. The van der Waals surface area contributed by atoms with Crippen molar-refractivity contribution in [1.82, 2.24) is 38.9 Å². The Balaban J connectivity index is 1.60. The zero-order valence-electron chi connectivity index (χ0n) is 17.8. The van der Waals surface area contributed by atoms with Crippen LogP contribution in [-0.2, 0) is 12.6 Å². The number of aryl methyl sites for hydroxylation is 1. The van der Waals surface area contributed by atoms with E-state index in [2.05, 4.69) is 36.9 Å². The molecule has 5 heterocycles. The third-order valence-electron chi connectivity index (χ3n) is 6.47. The van der Waals surface area contributed by atoms with E-state index in [1.54, 1.807) is 27.8 Å².